The van der Waals surface area contributed by atoms with E-state index < -0.39 is 17.7 Å². The first kappa shape index (κ1) is 12.0. The van der Waals surface area contributed by atoms with Crippen LogP contribution in [0.3, 0.4) is 0 Å². The summed E-state index contributed by atoms with van der Waals surface area (Å²) in [4.78, 5) is 34.0. The minimum atomic E-state index is -0.789. The molecule has 4 nitrogen and oxygen atoms in total. The van der Waals surface area contributed by atoms with Crippen LogP contribution >= 0.6 is 0 Å². The molecular formula is C10H11NO3. The van der Waals surface area contributed by atoms with Gasteiger partial charge < -0.3 is 0 Å². The molecule has 74 valence electrons. The van der Waals surface area contributed by atoms with Crippen LogP contribution in [-0.2, 0) is 14.4 Å². The average Bonchev–Trinajstić information content (AvgIpc) is 2.16. The molecule has 0 aromatic rings. The lowest BCUT2D eigenvalue weighted by atomic mass is 10.3. The largest absolute Gasteiger partial charge is 0.269 e. The summed E-state index contributed by atoms with van der Waals surface area (Å²) in [6, 6.07) is 0. The maximum atomic E-state index is 11.3. The van der Waals surface area contributed by atoms with Crippen LogP contribution in [0.4, 0.5) is 0 Å². The highest BCUT2D eigenvalue weighted by Gasteiger charge is 2.24. The van der Waals surface area contributed by atoms with Crippen molar-refractivity contribution in [2.75, 3.05) is 0 Å². The molecule has 0 aromatic heterocycles. The molecule has 0 aliphatic carbocycles. The minimum Gasteiger partial charge on any atom is -0.269 e. The van der Waals surface area contributed by atoms with Crippen LogP contribution < -0.4 is 0 Å². The molecule has 0 saturated heterocycles. The molecule has 0 aromatic carbocycles. The summed E-state index contributed by atoms with van der Waals surface area (Å²) in [7, 11) is 0. The van der Waals surface area contributed by atoms with Gasteiger partial charge >= 0.3 is 0 Å². The highest BCUT2D eigenvalue weighted by molar-refractivity contribution is 6.20. The van der Waals surface area contributed by atoms with Gasteiger partial charge in [-0.05, 0) is 19.1 Å². The maximum absolute atomic E-state index is 11.3. The first-order valence-electron chi connectivity index (χ1n) is 3.78. The minimum absolute atomic E-state index is 0.0930. The second kappa shape index (κ2) is 4.91. The normalized spacial score (nSPS) is 8.64. The predicted molar refractivity (Wildman–Crippen MR) is 52.1 cm³/mol. The molecule has 0 fully saturated rings. The fourth-order valence-electron chi connectivity index (χ4n) is 0.682. The molecule has 0 heterocycles. The Morgan fingerprint density at radius 1 is 1.07 bits per heavy atom. The van der Waals surface area contributed by atoms with E-state index in [0.717, 1.165) is 12.2 Å². The van der Waals surface area contributed by atoms with Gasteiger partial charge in [0.15, 0.2) is 0 Å². The predicted octanol–water partition coefficient (Wildman–Crippen LogP) is 0.816. The van der Waals surface area contributed by atoms with E-state index in [9.17, 15) is 14.4 Å². The van der Waals surface area contributed by atoms with Crippen LogP contribution in [0.1, 0.15) is 6.92 Å². The second-order valence-corrected chi connectivity index (χ2v) is 2.51. The van der Waals surface area contributed by atoms with E-state index in [0.29, 0.717) is 4.90 Å². The van der Waals surface area contributed by atoms with Gasteiger partial charge in [0.1, 0.15) is 0 Å². The highest BCUT2D eigenvalue weighted by atomic mass is 16.2. The summed E-state index contributed by atoms with van der Waals surface area (Å²) in [6.45, 7) is 11.1. The number of rotatable bonds is 3. The van der Waals surface area contributed by atoms with Crippen molar-refractivity contribution in [1.29, 1.82) is 0 Å². The van der Waals surface area contributed by atoms with Gasteiger partial charge in [0.2, 0.25) is 0 Å². The zero-order valence-corrected chi connectivity index (χ0v) is 7.95. The fraction of sp³-hybridized carbons (Fsp3) is 0.100. The molecule has 0 spiro atoms. The Morgan fingerprint density at radius 3 is 1.64 bits per heavy atom. The Balaban J connectivity index is 5.10. The smallest absolute Gasteiger partial charge is 0.262 e. The molecule has 0 N–H and O–H groups in total. The lowest BCUT2D eigenvalue weighted by Crippen LogP contribution is -2.40. The van der Waals surface area contributed by atoms with Gasteiger partial charge in [-0.2, -0.15) is 0 Å². The molecular weight excluding hydrogens is 182 g/mol. The Labute approximate surface area is 82.2 Å². The topological polar surface area (TPSA) is 54.5 Å². The van der Waals surface area contributed by atoms with Crippen molar-refractivity contribution >= 4 is 17.7 Å². The van der Waals surface area contributed by atoms with Crippen LogP contribution in [0.15, 0.2) is 37.5 Å². The van der Waals surface area contributed by atoms with Crippen LogP contribution in [0.5, 0.6) is 0 Å². The summed E-state index contributed by atoms with van der Waals surface area (Å²) < 4.78 is 0. The summed E-state index contributed by atoms with van der Waals surface area (Å²) in [5.41, 5.74) is 0.0930. The van der Waals surface area contributed by atoms with E-state index in [1.807, 2.05) is 0 Å². The lowest BCUT2D eigenvalue weighted by Gasteiger charge is -2.14. The average molecular weight is 193 g/mol. The first-order chi connectivity index (χ1) is 6.45. The number of hydrogen-bond donors (Lipinski definition) is 0. The molecule has 0 saturated carbocycles. The Bertz CT molecular complexity index is 308. The van der Waals surface area contributed by atoms with E-state index in [-0.39, 0.29) is 5.57 Å². The number of hydrogen-bond acceptors (Lipinski definition) is 3. The summed E-state index contributed by atoms with van der Waals surface area (Å²) in [5, 5.41) is 0. The number of imide groups is 3. The van der Waals surface area contributed by atoms with E-state index in [1.165, 1.54) is 6.92 Å². The third kappa shape index (κ3) is 2.52. The van der Waals surface area contributed by atoms with Gasteiger partial charge in [0, 0.05) is 5.57 Å². The SMILES string of the molecule is C=CC(=O)N(C(=O)C=C)C(=O)C(=C)C. The summed E-state index contributed by atoms with van der Waals surface area (Å²) >= 11 is 0. The molecule has 0 radical (unpaired) electrons. The van der Waals surface area contributed by atoms with E-state index in [4.69, 9.17) is 0 Å². The molecule has 0 unspecified atom stereocenters. The van der Waals surface area contributed by atoms with Gasteiger partial charge in [-0.25, -0.2) is 4.90 Å². The molecule has 3 amide bonds. The molecule has 0 bridgehead atoms. The van der Waals surface area contributed by atoms with E-state index >= 15 is 0 Å². The zero-order valence-electron chi connectivity index (χ0n) is 7.95. The third-order valence-electron chi connectivity index (χ3n) is 1.36. The van der Waals surface area contributed by atoms with E-state index in [2.05, 4.69) is 19.7 Å². The van der Waals surface area contributed by atoms with Crippen molar-refractivity contribution in [2.24, 2.45) is 0 Å². The van der Waals surface area contributed by atoms with Crippen molar-refractivity contribution in [3.8, 4) is 0 Å². The van der Waals surface area contributed by atoms with Crippen molar-refractivity contribution in [1.82, 2.24) is 4.90 Å². The van der Waals surface area contributed by atoms with Gasteiger partial charge in [0.25, 0.3) is 17.7 Å². The number of carbonyl (C=O) groups is 3. The van der Waals surface area contributed by atoms with Crippen LogP contribution in [0.2, 0.25) is 0 Å². The molecule has 0 rings (SSSR count). The fourth-order valence-corrected chi connectivity index (χ4v) is 0.682. The number of amides is 3. The Kier molecular flexibility index (Phi) is 4.22. The van der Waals surface area contributed by atoms with Gasteiger partial charge in [-0.1, -0.05) is 19.7 Å². The number of nitrogens with zero attached hydrogens (tertiary/aromatic N) is 1. The second-order valence-electron chi connectivity index (χ2n) is 2.51. The highest BCUT2D eigenvalue weighted by Crippen LogP contribution is 2.01. The van der Waals surface area contributed by atoms with Crippen molar-refractivity contribution in [2.45, 2.75) is 6.92 Å². The maximum Gasteiger partial charge on any atom is 0.262 e. The Hall–Kier alpha value is -1.97. The lowest BCUT2D eigenvalue weighted by molar-refractivity contribution is -0.147. The first-order valence-corrected chi connectivity index (χ1v) is 3.78. The molecule has 4 heteroatoms. The summed E-state index contributed by atoms with van der Waals surface area (Å²) in [6.07, 6.45) is 1.75. The standard InChI is InChI=1S/C10H11NO3/c1-5-8(12)11(9(13)6-2)10(14)7(3)4/h5-6H,1-3H2,4H3. The molecule has 0 atom stereocenters. The van der Waals surface area contributed by atoms with E-state index in [1.54, 1.807) is 0 Å². The zero-order chi connectivity index (χ0) is 11.3. The molecule has 0 aliphatic heterocycles. The monoisotopic (exact) mass is 193 g/mol. The van der Waals surface area contributed by atoms with Gasteiger partial charge in [-0.15, -0.1) is 0 Å². The van der Waals surface area contributed by atoms with Gasteiger partial charge in [-0.3, -0.25) is 14.4 Å². The Morgan fingerprint density at radius 2 is 1.43 bits per heavy atom. The van der Waals surface area contributed by atoms with Crippen molar-refractivity contribution < 1.29 is 14.4 Å². The van der Waals surface area contributed by atoms with Crippen LogP contribution in [0, 0.1) is 0 Å². The molecule has 14 heavy (non-hydrogen) atoms. The van der Waals surface area contributed by atoms with Crippen molar-refractivity contribution in [3.05, 3.63) is 37.5 Å². The quantitative estimate of drug-likeness (QED) is 0.623. The van der Waals surface area contributed by atoms with Crippen molar-refractivity contribution in [3.63, 3.8) is 0 Å². The number of carbonyl (C=O) groups excluding carboxylic acids is 3. The van der Waals surface area contributed by atoms with Crippen LogP contribution in [-0.4, -0.2) is 22.6 Å². The van der Waals surface area contributed by atoms with Crippen LogP contribution in [0.25, 0.3) is 0 Å². The van der Waals surface area contributed by atoms with Gasteiger partial charge in [0.05, 0.1) is 0 Å². The third-order valence-corrected chi connectivity index (χ3v) is 1.36. The molecule has 0 aliphatic rings. The summed E-state index contributed by atoms with van der Waals surface area (Å²) in [5.74, 6) is -2.33.